The molecule has 16 atom stereocenters. The molecule has 3 N–H and O–H groups in total. The summed E-state index contributed by atoms with van der Waals surface area (Å²) in [5.41, 5.74) is 3.74. The van der Waals surface area contributed by atoms with Crippen molar-refractivity contribution in [1.29, 1.82) is 0 Å². The minimum absolute atomic E-state index is 0.0123. The monoisotopic (exact) mass is 750 g/mol. The molecule has 2 aliphatic heterocycles. The molecule has 0 aromatic heterocycles. The van der Waals surface area contributed by atoms with Crippen molar-refractivity contribution in [2.45, 2.75) is 161 Å². The summed E-state index contributed by atoms with van der Waals surface area (Å²) in [5.74, 6) is 6.43. The Labute approximate surface area is 334 Å². The van der Waals surface area contributed by atoms with Crippen LogP contribution in [0.15, 0.2) is 54.6 Å². The summed E-state index contributed by atoms with van der Waals surface area (Å²) >= 11 is 0. The highest BCUT2D eigenvalue weighted by Gasteiger charge is 2.67. The van der Waals surface area contributed by atoms with Gasteiger partial charge in [0, 0.05) is 19.1 Å². The van der Waals surface area contributed by atoms with Gasteiger partial charge in [-0.1, -0.05) is 88.7 Å². The number of hydrogen-bond donors (Lipinski definition) is 3. The van der Waals surface area contributed by atoms with Crippen LogP contribution in [0.1, 0.15) is 147 Å². The van der Waals surface area contributed by atoms with E-state index in [1.807, 2.05) is 0 Å². The first kappa shape index (κ1) is 38.8. The van der Waals surface area contributed by atoms with E-state index in [4.69, 9.17) is 0 Å². The first-order valence-corrected chi connectivity index (χ1v) is 23.3. The summed E-state index contributed by atoms with van der Waals surface area (Å²) in [6, 6.07) is 20.8. The molecule has 2 aromatic rings. The van der Waals surface area contributed by atoms with Crippen molar-refractivity contribution in [3.63, 3.8) is 0 Å². The third-order valence-corrected chi connectivity index (χ3v) is 18.6. The van der Waals surface area contributed by atoms with Gasteiger partial charge in [-0.25, -0.2) is 0 Å². The smallest absolute Gasteiger partial charge is 0.0805 e. The van der Waals surface area contributed by atoms with Crippen LogP contribution in [0.4, 0.5) is 0 Å². The Hall–Kier alpha value is -1.72. The molecule has 0 bridgehead atoms. The van der Waals surface area contributed by atoms with Crippen molar-refractivity contribution < 1.29 is 15.3 Å². The number of rotatable bonds is 8. The van der Waals surface area contributed by atoms with Gasteiger partial charge in [-0.05, 0) is 189 Å². The standard InChI is InChI=1S/C51H75NO3/c1-32(2)11-15-38(37-16-13-35(14-17-37)23-34-9-7-6-8-10-34)24-36-21-22-51(28-36)31-49(4)44-25-40-39(41(44)26-46(53)45(49)27-48(51)54)18-19-43-42(40)30-52-29-33(3)12-20-47(52)50(43,5)55/h6-10,13-14,16-17,32-33,36,38-48,53-55H,11-12,15,18-31H2,1-5H3. The van der Waals surface area contributed by atoms with Crippen molar-refractivity contribution in [1.82, 2.24) is 4.90 Å². The molecule has 1 spiro atoms. The van der Waals surface area contributed by atoms with Crippen molar-refractivity contribution in [3.8, 4) is 0 Å². The zero-order valence-corrected chi connectivity index (χ0v) is 35.1. The third-order valence-electron chi connectivity index (χ3n) is 18.6. The maximum absolute atomic E-state index is 12.3. The van der Waals surface area contributed by atoms with Crippen molar-refractivity contribution in [2.24, 2.45) is 70.0 Å². The summed E-state index contributed by atoms with van der Waals surface area (Å²) in [6.07, 6.45) is 16.6. The third kappa shape index (κ3) is 6.91. The van der Waals surface area contributed by atoms with E-state index in [9.17, 15) is 15.3 Å². The van der Waals surface area contributed by atoms with Crippen LogP contribution in [0.2, 0.25) is 0 Å². The maximum Gasteiger partial charge on any atom is 0.0805 e. The fourth-order valence-electron chi connectivity index (χ4n) is 16.0. The number of aliphatic hydroxyl groups excluding tert-OH is 2. The molecule has 7 aliphatic rings. The van der Waals surface area contributed by atoms with Gasteiger partial charge in [0.05, 0.1) is 17.8 Å². The molecular weight excluding hydrogens is 675 g/mol. The van der Waals surface area contributed by atoms with Crippen molar-refractivity contribution >= 4 is 0 Å². The van der Waals surface area contributed by atoms with Crippen molar-refractivity contribution in [3.05, 3.63) is 71.3 Å². The van der Waals surface area contributed by atoms with Crippen LogP contribution in [0, 0.1) is 70.0 Å². The summed E-state index contributed by atoms with van der Waals surface area (Å²) in [4.78, 5) is 2.72. The van der Waals surface area contributed by atoms with Crippen LogP contribution in [-0.4, -0.2) is 57.2 Å². The zero-order valence-electron chi connectivity index (χ0n) is 35.1. The van der Waals surface area contributed by atoms with Crippen LogP contribution in [-0.2, 0) is 6.42 Å². The Morgan fingerprint density at radius 1 is 0.745 bits per heavy atom. The normalized spacial score (nSPS) is 45.8. The average Bonchev–Trinajstić information content (AvgIpc) is 3.74. The molecule has 4 nitrogen and oxygen atoms in total. The summed E-state index contributed by atoms with van der Waals surface area (Å²) in [7, 11) is 0. The van der Waals surface area contributed by atoms with Gasteiger partial charge in [-0.3, -0.25) is 4.90 Å². The molecule has 2 saturated heterocycles. The van der Waals surface area contributed by atoms with E-state index < -0.39 is 5.60 Å². The fraction of sp³-hybridized carbons (Fsp3) is 0.765. The first-order valence-electron chi connectivity index (χ1n) is 23.3. The van der Waals surface area contributed by atoms with Gasteiger partial charge in [0.25, 0.3) is 0 Å². The van der Waals surface area contributed by atoms with Crippen LogP contribution in [0.3, 0.4) is 0 Å². The predicted molar refractivity (Wildman–Crippen MR) is 224 cm³/mol. The van der Waals surface area contributed by atoms with Crippen LogP contribution in [0.25, 0.3) is 0 Å². The van der Waals surface area contributed by atoms with Gasteiger partial charge in [-0.15, -0.1) is 0 Å². The van der Waals surface area contributed by atoms with Gasteiger partial charge in [0.1, 0.15) is 0 Å². The number of benzene rings is 2. The number of nitrogens with zero attached hydrogens (tertiary/aromatic N) is 1. The Morgan fingerprint density at radius 3 is 2.27 bits per heavy atom. The summed E-state index contributed by atoms with van der Waals surface area (Å²) < 4.78 is 0. The fourth-order valence-corrected chi connectivity index (χ4v) is 16.0. The lowest BCUT2D eigenvalue weighted by molar-refractivity contribution is -0.180. The largest absolute Gasteiger partial charge is 0.393 e. The van der Waals surface area contributed by atoms with E-state index in [-0.39, 0.29) is 29.0 Å². The van der Waals surface area contributed by atoms with E-state index >= 15 is 0 Å². The minimum Gasteiger partial charge on any atom is -0.393 e. The predicted octanol–water partition coefficient (Wildman–Crippen LogP) is 10.3. The van der Waals surface area contributed by atoms with E-state index in [1.54, 1.807) is 0 Å². The van der Waals surface area contributed by atoms with E-state index in [0.29, 0.717) is 59.3 Å². The highest BCUT2D eigenvalue weighted by Crippen LogP contribution is 2.71. The van der Waals surface area contributed by atoms with Gasteiger partial charge >= 0.3 is 0 Å². The van der Waals surface area contributed by atoms with Gasteiger partial charge in [-0.2, -0.15) is 0 Å². The second kappa shape index (κ2) is 14.8. The Morgan fingerprint density at radius 2 is 1.51 bits per heavy atom. The quantitative estimate of drug-likeness (QED) is 0.252. The molecule has 0 amide bonds. The molecule has 5 aliphatic carbocycles. The number of piperidine rings is 2. The second-order valence-corrected chi connectivity index (χ2v) is 22.2. The summed E-state index contributed by atoms with van der Waals surface area (Å²) in [6.45, 7) is 14.3. The molecule has 2 heterocycles. The molecule has 9 rings (SSSR count). The Kier molecular flexibility index (Phi) is 10.5. The second-order valence-electron chi connectivity index (χ2n) is 22.2. The van der Waals surface area contributed by atoms with E-state index in [0.717, 1.165) is 63.8 Å². The summed E-state index contributed by atoms with van der Waals surface area (Å²) in [5, 5.41) is 36.4. The molecule has 4 heteroatoms. The molecule has 16 unspecified atom stereocenters. The lowest BCUT2D eigenvalue weighted by Gasteiger charge is -2.60. The molecular formula is C51H75NO3. The molecule has 2 aromatic carbocycles. The maximum atomic E-state index is 12.3. The Balaban J connectivity index is 0.923. The number of aliphatic hydroxyl groups is 3. The zero-order chi connectivity index (χ0) is 38.3. The number of hydrogen-bond acceptors (Lipinski definition) is 4. The molecule has 5 saturated carbocycles. The molecule has 55 heavy (non-hydrogen) atoms. The number of fused-ring (bicyclic) bond motifs is 8. The topological polar surface area (TPSA) is 63.9 Å². The first-order chi connectivity index (χ1) is 26.3. The minimum atomic E-state index is -0.594. The lowest BCUT2D eigenvalue weighted by Crippen LogP contribution is -2.67. The lowest BCUT2D eigenvalue weighted by atomic mass is 9.46. The highest BCUT2D eigenvalue weighted by molar-refractivity contribution is 5.30. The SMILES string of the molecule is CC(C)CCC(CC1CCC2(C1)CC1(C)C(CC2O)C(O)CC2C3CCC4C(CN5CC(C)CCC5C4(C)O)C3CC21)c1ccc(Cc2ccccc2)cc1. The van der Waals surface area contributed by atoms with E-state index in [1.165, 1.54) is 68.2 Å². The van der Waals surface area contributed by atoms with E-state index in [2.05, 4.69) is 94.1 Å². The average molecular weight is 750 g/mol. The van der Waals surface area contributed by atoms with Gasteiger partial charge in [0.2, 0.25) is 0 Å². The Bertz CT molecular complexity index is 1620. The van der Waals surface area contributed by atoms with Crippen LogP contribution >= 0.6 is 0 Å². The van der Waals surface area contributed by atoms with Crippen molar-refractivity contribution in [2.75, 3.05) is 13.1 Å². The van der Waals surface area contributed by atoms with Gasteiger partial charge < -0.3 is 15.3 Å². The van der Waals surface area contributed by atoms with Crippen LogP contribution in [0.5, 0.6) is 0 Å². The van der Waals surface area contributed by atoms with Crippen LogP contribution < -0.4 is 0 Å². The molecule has 0 radical (unpaired) electrons. The molecule has 302 valence electrons. The molecule has 7 fully saturated rings. The van der Waals surface area contributed by atoms with Gasteiger partial charge in [0.15, 0.2) is 0 Å². The highest BCUT2D eigenvalue weighted by atomic mass is 16.3.